The average molecular weight is 470 g/mol. The molecule has 0 spiro atoms. The van der Waals surface area contributed by atoms with Crippen LogP contribution in [0.5, 0.6) is 0 Å². The highest BCUT2D eigenvalue weighted by molar-refractivity contribution is 5.94. The molecule has 1 aliphatic heterocycles. The molecule has 0 radical (unpaired) electrons. The Labute approximate surface area is 197 Å². The minimum absolute atomic E-state index is 0.153. The van der Waals surface area contributed by atoms with Crippen molar-refractivity contribution in [3.63, 3.8) is 0 Å². The van der Waals surface area contributed by atoms with Crippen molar-refractivity contribution in [2.24, 2.45) is 23.3 Å². The van der Waals surface area contributed by atoms with Gasteiger partial charge in [-0.05, 0) is 56.9 Å². The van der Waals surface area contributed by atoms with Gasteiger partial charge in [0.15, 0.2) is 0 Å². The van der Waals surface area contributed by atoms with Crippen LogP contribution in [-0.4, -0.2) is 71.0 Å². The summed E-state index contributed by atoms with van der Waals surface area (Å²) in [5.41, 5.74) is 11.5. The molecule has 0 aromatic carbocycles. The number of hydrogen-bond donors (Lipinski definition) is 5. The fourth-order valence-corrected chi connectivity index (χ4v) is 4.06. The lowest BCUT2D eigenvalue weighted by molar-refractivity contribution is -0.145. The van der Waals surface area contributed by atoms with E-state index in [-0.39, 0.29) is 30.1 Å². The number of hydrogen-bond acceptors (Lipinski definition) is 6. The van der Waals surface area contributed by atoms with E-state index in [1.807, 2.05) is 27.7 Å². The molecule has 190 valence electrons. The maximum Gasteiger partial charge on any atom is 0.326 e. The Kier molecular flexibility index (Phi) is 12.4. The van der Waals surface area contributed by atoms with Crippen molar-refractivity contribution in [1.82, 2.24) is 15.5 Å². The number of rotatable bonds is 14. The maximum atomic E-state index is 13.4. The zero-order valence-corrected chi connectivity index (χ0v) is 20.5. The molecular formula is C23H43N5O5. The summed E-state index contributed by atoms with van der Waals surface area (Å²) < 4.78 is 0. The third kappa shape index (κ3) is 8.92. The fraction of sp³-hybridized carbons (Fsp3) is 0.826. The lowest BCUT2D eigenvalue weighted by atomic mass is 9.96. The molecule has 10 nitrogen and oxygen atoms in total. The second-order valence-electron chi connectivity index (χ2n) is 9.48. The molecule has 5 unspecified atom stereocenters. The molecule has 0 aromatic heterocycles. The minimum atomic E-state index is -1.11. The van der Waals surface area contributed by atoms with Gasteiger partial charge in [0, 0.05) is 6.54 Å². The molecule has 5 atom stereocenters. The molecule has 0 bridgehead atoms. The van der Waals surface area contributed by atoms with Crippen molar-refractivity contribution in [2.75, 3.05) is 13.1 Å². The molecule has 1 heterocycles. The second-order valence-corrected chi connectivity index (χ2v) is 9.48. The highest BCUT2D eigenvalue weighted by Gasteiger charge is 2.40. The van der Waals surface area contributed by atoms with Crippen LogP contribution in [0.15, 0.2) is 0 Å². The quantitative estimate of drug-likeness (QED) is 0.232. The SMILES string of the molecule is CCC(C)C(NC(=O)C(N)CC(C)C)C(=O)N1CCCC1C(=O)NC(CCCCN)C(=O)O. The molecule has 0 aliphatic carbocycles. The summed E-state index contributed by atoms with van der Waals surface area (Å²) in [6, 6.07) is -3.30. The smallest absolute Gasteiger partial charge is 0.326 e. The van der Waals surface area contributed by atoms with Crippen molar-refractivity contribution in [3.05, 3.63) is 0 Å². The van der Waals surface area contributed by atoms with Gasteiger partial charge in [-0.1, -0.05) is 34.1 Å². The van der Waals surface area contributed by atoms with Gasteiger partial charge in [0.1, 0.15) is 18.1 Å². The van der Waals surface area contributed by atoms with Crippen LogP contribution in [0.3, 0.4) is 0 Å². The number of carbonyl (C=O) groups is 4. The number of likely N-dealkylation sites (tertiary alicyclic amines) is 1. The van der Waals surface area contributed by atoms with E-state index in [1.54, 1.807) is 0 Å². The lowest BCUT2D eigenvalue weighted by Gasteiger charge is -2.32. The Morgan fingerprint density at radius 1 is 1.12 bits per heavy atom. The molecule has 10 heteroatoms. The van der Waals surface area contributed by atoms with Crippen molar-refractivity contribution in [3.8, 4) is 0 Å². The molecule has 1 rings (SSSR count). The topological polar surface area (TPSA) is 168 Å². The molecule has 0 aromatic rings. The minimum Gasteiger partial charge on any atom is -0.480 e. The predicted molar refractivity (Wildman–Crippen MR) is 126 cm³/mol. The van der Waals surface area contributed by atoms with Crippen molar-refractivity contribution in [1.29, 1.82) is 0 Å². The van der Waals surface area contributed by atoms with E-state index in [0.717, 1.165) is 0 Å². The van der Waals surface area contributed by atoms with Gasteiger partial charge in [-0.25, -0.2) is 4.79 Å². The van der Waals surface area contributed by atoms with Crippen LogP contribution in [0.2, 0.25) is 0 Å². The largest absolute Gasteiger partial charge is 0.480 e. The van der Waals surface area contributed by atoms with Crippen molar-refractivity contribution < 1.29 is 24.3 Å². The van der Waals surface area contributed by atoms with Crippen LogP contribution in [0.1, 0.15) is 72.6 Å². The molecule has 0 saturated carbocycles. The number of amides is 3. The number of aliphatic carboxylic acids is 1. The van der Waals surface area contributed by atoms with Gasteiger partial charge in [-0.2, -0.15) is 0 Å². The maximum absolute atomic E-state index is 13.4. The van der Waals surface area contributed by atoms with Crippen molar-refractivity contribution in [2.45, 2.75) is 96.8 Å². The van der Waals surface area contributed by atoms with Gasteiger partial charge in [0.2, 0.25) is 17.7 Å². The molecule has 1 aliphatic rings. The summed E-state index contributed by atoms with van der Waals surface area (Å²) in [6.07, 6.45) is 3.76. The fourth-order valence-electron chi connectivity index (χ4n) is 4.06. The zero-order chi connectivity index (χ0) is 25.1. The summed E-state index contributed by atoms with van der Waals surface area (Å²) in [6.45, 7) is 8.58. The van der Waals surface area contributed by atoms with E-state index in [1.165, 1.54) is 4.90 Å². The number of carboxylic acids is 1. The van der Waals surface area contributed by atoms with Crippen LogP contribution in [0, 0.1) is 11.8 Å². The monoisotopic (exact) mass is 469 g/mol. The van der Waals surface area contributed by atoms with Gasteiger partial charge < -0.3 is 32.1 Å². The summed E-state index contributed by atoms with van der Waals surface area (Å²) in [4.78, 5) is 52.0. The second kappa shape index (κ2) is 14.1. The van der Waals surface area contributed by atoms with E-state index < -0.39 is 36.0 Å². The first kappa shape index (κ1) is 28.8. The normalized spacial score (nSPS) is 19.6. The number of nitrogens with zero attached hydrogens (tertiary/aromatic N) is 1. The molecule has 1 fully saturated rings. The van der Waals surface area contributed by atoms with Crippen molar-refractivity contribution >= 4 is 23.7 Å². The Bertz CT molecular complexity index is 672. The first-order chi connectivity index (χ1) is 15.5. The van der Waals surface area contributed by atoms with Crippen LogP contribution in [0.25, 0.3) is 0 Å². The van der Waals surface area contributed by atoms with Gasteiger partial charge in [0.05, 0.1) is 6.04 Å². The van der Waals surface area contributed by atoms with Gasteiger partial charge in [0.25, 0.3) is 0 Å². The third-order valence-electron chi connectivity index (χ3n) is 6.24. The first-order valence-electron chi connectivity index (χ1n) is 12.1. The number of carbonyl (C=O) groups excluding carboxylic acids is 3. The van der Waals surface area contributed by atoms with Gasteiger partial charge in [-0.3, -0.25) is 14.4 Å². The van der Waals surface area contributed by atoms with Crippen LogP contribution in [0.4, 0.5) is 0 Å². The van der Waals surface area contributed by atoms with E-state index >= 15 is 0 Å². The van der Waals surface area contributed by atoms with E-state index in [4.69, 9.17) is 11.5 Å². The van der Waals surface area contributed by atoms with E-state index in [0.29, 0.717) is 51.6 Å². The molecule has 7 N–H and O–H groups in total. The number of nitrogens with one attached hydrogen (secondary N) is 2. The zero-order valence-electron chi connectivity index (χ0n) is 20.5. The average Bonchev–Trinajstić information content (AvgIpc) is 3.25. The Balaban J connectivity index is 2.93. The Morgan fingerprint density at radius 3 is 2.33 bits per heavy atom. The van der Waals surface area contributed by atoms with Crippen LogP contribution in [-0.2, 0) is 19.2 Å². The molecule has 1 saturated heterocycles. The summed E-state index contributed by atoms with van der Waals surface area (Å²) >= 11 is 0. The Hall–Kier alpha value is -2.20. The van der Waals surface area contributed by atoms with E-state index in [2.05, 4.69) is 10.6 Å². The van der Waals surface area contributed by atoms with Gasteiger partial charge in [-0.15, -0.1) is 0 Å². The summed E-state index contributed by atoms with van der Waals surface area (Å²) in [5, 5.41) is 14.9. The number of carboxylic acid groups (broad SMARTS) is 1. The van der Waals surface area contributed by atoms with Gasteiger partial charge >= 0.3 is 5.97 Å². The Morgan fingerprint density at radius 2 is 1.79 bits per heavy atom. The highest BCUT2D eigenvalue weighted by Crippen LogP contribution is 2.22. The lowest BCUT2D eigenvalue weighted by Crippen LogP contribution is -2.58. The van der Waals surface area contributed by atoms with Crippen LogP contribution >= 0.6 is 0 Å². The first-order valence-corrected chi connectivity index (χ1v) is 12.1. The molecule has 33 heavy (non-hydrogen) atoms. The van der Waals surface area contributed by atoms with Crippen LogP contribution < -0.4 is 22.1 Å². The summed E-state index contributed by atoms with van der Waals surface area (Å²) in [7, 11) is 0. The molecule has 3 amide bonds. The standard InChI is InChI=1S/C23H43N5O5/c1-5-15(4)19(27-20(29)16(25)13-14(2)3)22(31)28-12-8-10-18(28)21(30)26-17(23(32)33)9-6-7-11-24/h14-19H,5-13,24-25H2,1-4H3,(H,26,30)(H,27,29)(H,32,33). The van der Waals surface area contributed by atoms with E-state index in [9.17, 15) is 24.3 Å². The predicted octanol–water partition coefficient (Wildman–Crippen LogP) is 0.580. The highest BCUT2D eigenvalue weighted by atomic mass is 16.4. The third-order valence-corrected chi connectivity index (χ3v) is 6.24. The number of nitrogens with two attached hydrogens (primary N) is 2. The number of unbranched alkanes of at least 4 members (excludes halogenated alkanes) is 1. The summed E-state index contributed by atoms with van der Waals surface area (Å²) in [5.74, 6) is -2.22. The molecular weight excluding hydrogens is 426 g/mol.